The van der Waals surface area contributed by atoms with E-state index in [4.69, 9.17) is 4.42 Å². The summed E-state index contributed by atoms with van der Waals surface area (Å²) in [6.07, 6.45) is 5.75. The summed E-state index contributed by atoms with van der Waals surface area (Å²) in [7, 11) is 0. The van der Waals surface area contributed by atoms with Crippen molar-refractivity contribution in [1.82, 2.24) is 20.0 Å². The lowest BCUT2D eigenvalue weighted by atomic mass is 10.1. The zero-order valence-corrected chi connectivity index (χ0v) is 17.6. The van der Waals surface area contributed by atoms with Crippen LogP contribution in [-0.2, 0) is 13.0 Å². The van der Waals surface area contributed by atoms with Gasteiger partial charge < -0.3 is 9.73 Å². The average molecular weight is 440 g/mol. The third kappa shape index (κ3) is 4.06. The number of furan rings is 1. The van der Waals surface area contributed by atoms with Gasteiger partial charge in [0, 0.05) is 24.5 Å². The Morgan fingerprint density at radius 3 is 2.52 bits per heavy atom. The number of hydrogen-bond acceptors (Lipinski definition) is 5. The van der Waals surface area contributed by atoms with Gasteiger partial charge >= 0.3 is 0 Å². The number of carbonyl (C=O) groups is 3. The molecule has 8 nitrogen and oxygen atoms in total. The van der Waals surface area contributed by atoms with E-state index in [2.05, 4.69) is 10.4 Å². The third-order valence-corrected chi connectivity index (χ3v) is 5.53. The average Bonchev–Trinajstić information content (AvgIpc) is 3.59. The first-order valence-corrected chi connectivity index (χ1v) is 10.5. The Morgan fingerprint density at radius 2 is 1.79 bits per heavy atom. The van der Waals surface area contributed by atoms with E-state index >= 15 is 0 Å². The molecule has 2 aromatic heterocycles. The minimum Gasteiger partial charge on any atom is -0.467 e. The molecular formula is C25H20N4O4. The molecule has 0 radical (unpaired) electrons. The first kappa shape index (κ1) is 20.4. The highest BCUT2D eigenvalue weighted by atomic mass is 16.3. The summed E-state index contributed by atoms with van der Waals surface area (Å²) in [6.45, 7) is 0.495. The van der Waals surface area contributed by atoms with Gasteiger partial charge in [0.05, 0.1) is 29.6 Å². The summed E-state index contributed by atoms with van der Waals surface area (Å²) in [4.78, 5) is 39.1. The molecule has 33 heavy (non-hydrogen) atoms. The number of carbonyl (C=O) groups excluding carboxylic acids is 3. The van der Waals surface area contributed by atoms with Crippen molar-refractivity contribution in [1.29, 1.82) is 0 Å². The van der Waals surface area contributed by atoms with Gasteiger partial charge in [-0.1, -0.05) is 12.1 Å². The number of hydrogen-bond donors (Lipinski definition) is 1. The summed E-state index contributed by atoms with van der Waals surface area (Å²) in [5, 5.41) is 7.07. The van der Waals surface area contributed by atoms with Gasteiger partial charge in [0.2, 0.25) is 0 Å². The van der Waals surface area contributed by atoms with Crippen LogP contribution in [0.15, 0.2) is 83.7 Å². The molecule has 3 heterocycles. The topological polar surface area (TPSA) is 97.4 Å². The van der Waals surface area contributed by atoms with Crippen LogP contribution in [0, 0.1) is 0 Å². The lowest BCUT2D eigenvalue weighted by Crippen LogP contribution is -2.28. The Balaban J connectivity index is 1.20. The first-order valence-electron chi connectivity index (χ1n) is 10.5. The fraction of sp³-hybridized carbons (Fsp3) is 0.120. The van der Waals surface area contributed by atoms with Crippen molar-refractivity contribution in [3.63, 3.8) is 0 Å². The van der Waals surface area contributed by atoms with E-state index in [0.717, 1.165) is 16.2 Å². The summed E-state index contributed by atoms with van der Waals surface area (Å²) in [5.74, 6) is -0.605. The second-order valence-electron chi connectivity index (χ2n) is 7.66. The maximum absolute atomic E-state index is 12.7. The highest BCUT2D eigenvalue weighted by molar-refractivity contribution is 6.22. The predicted molar refractivity (Wildman–Crippen MR) is 119 cm³/mol. The van der Waals surface area contributed by atoms with E-state index in [1.807, 2.05) is 36.5 Å². The number of benzene rings is 2. The number of imide groups is 1. The van der Waals surface area contributed by atoms with Gasteiger partial charge in [-0.3, -0.25) is 19.3 Å². The standard InChI is InChI=1S/C25H20N4O4/c30-23(26-12-10-17-4-7-19(8-5-17)29-13-2-11-27-29)18-6-9-21-22(15-18)25(32)28(24(21)31)16-20-3-1-14-33-20/h1-9,11,13-15H,10,12,16H2,(H,26,30). The molecule has 8 heteroatoms. The van der Waals surface area contributed by atoms with Crippen molar-refractivity contribution >= 4 is 17.7 Å². The van der Waals surface area contributed by atoms with Crippen molar-refractivity contribution in [2.24, 2.45) is 0 Å². The Labute approximate surface area is 189 Å². The quantitative estimate of drug-likeness (QED) is 0.445. The molecule has 2 aromatic carbocycles. The number of nitrogens with zero attached hydrogens (tertiary/aromatic N) is 3. The third-order valence-electron chi connectivity index (χ3n) is 5.53. The molecule has 0 saturated carbocycles. The highest BCUT2D eigenvalue weighted by Gasteiger charge is 2.36. The van der Waals surface area contributed by atoms with Crippen LogP contribution in [-0.4, -0.2) is 38.9 Å². The van der Waals surface area contributed by atoms with Gasteiger partial charge in [0.25, 0.3) is 17.7 Å². The molecule has 3 amide bonds. The Morgan fingerprint density at radius 1 is 0.970 bits per heavy atom. The van der Waals surface area contributed by atoms with E-state index in [1.165, 1.54) is 18.4 Å². The van der Waals surface area contributed by atoms with Crippen LogP contribution in [0.25, 0.3) is 5.69 Å². The maximum atomic E-state index is 12.7. The SMILES string of the molecule is O=C(NCCc1ccc(-n2cccn2)cc1)c1ccc2c(c1)C(=O)N(Cc1ccco1)C2=O. The number of fused-ring (bicyclic) bond motifs is 1. The first-order chi connectivity index (χ1) is 16.1. The van der Waals surface area contributed by atoms with Crippen LogP contribution in [0.1, 0.15) is 42.4 Å². The number of aromatic nitrogens is 2. The number of rotatable bonds is 7. The molecule has 0 fully saturated rings. The minimum absolute atomic E-state index is 0.0556. The Hall–Kier alpha value is -4.46. The molecule has 0 atom stereocenters. The summed E-state index contributed by atoms with van der Waals surface area (Å²) in [5.41, 5.74) is 2.90. The molecule has 0 spiro atoms. The van der Waals surface area contributed by atoms with Crippen molar-refractivity contribution < 1.29 is 18.8 Å². The van der Waals surface area contributed by atoms with Crippen LogP contribution in [0.4, 0.5) is 0 Å². The lowest BCUT2D eigenvalue weighted by Gasteiger charge is -2.11. The lowest BCUT2D eigenvalue weighted by molar-refractivity contribution is 0.0631. The van der Waals surface area contributed by atoms with Crippen LogP contribution >= 0.6 is 0 Å². The van der Waals surface area contributed by atoms with Gasteiger partial charge in [-0.25, -0.2) is 4.68 Å². The van der Waals surface area contributed by atoms with Crippen LogP contribution in [0.2, 0.25) is 0 Å². The largest absolute Gasteiger partial charge is 0.467 e. The zero-order valence-electron chi connectivity index (χ0n) is 17.6. The minimum atomic E-state index is -0.432. The van der Waals surface area contributed by atoms with E-state index < -0.39 is 11.8 Å². The molecule has 1 aliphatic rings. The zero-order chi connectivity index (χ0) is 22.8. The molecule has 164 valence electrons. The second-order valence-corrected chi connectivity index (χ2v) is 7.66. The monoisotopic (exact) mass is 440 g/mol. The molecule has 1 aliphatic heterocycles. The van der Waals surface area contributed by atoms with Crippen molar-refractivity contribution in [3.05, 3.63) is 107 Å². The fourth-order valence-corrected chi connectivity index (χ4v) is 3.79. The van der Waals surface area contributed by atoms with E-state index in [9.17, 15) is 14.4 Å². The number of nitrogens with one attached hydrogen (secondary N) is 1. The van der Waals surface area contributed by atoms with Crippen LogP contribution in [0.3, 0.4) is 0 Å². The molecule has 0 bridgehead atoms. The molecule has 0 unspecified atom stereocenters. The van der Waals surface area contributed by atoms with Crippen molar-refractivity contribution in [2.75, 3.05) is 6.54 Å². The summed E-state index contributed by atoms with van der Waals surface area (Å²) >= 11 is 0. The molecule has 1 N–H and O–H groups in total. The predicted octanol–water partition coefficient (Wildman–Crippen LogP) is 3.23. The Kier molecular flexibility index (Phi) is 5.32. The van der Waals surface area contributed by atoms with Gasteiger partial charge in [-0.2, -0.15) is 5.10 Å². The van der Waals surface area contributed by atoms with Gasteiger partial charge in [0.1, 0.15) is 5.76 Å². The summed E-state index contributed by atoms with van der Waals surface area (Å²) < 4.78 is 7.02. The molecule has 0 aliphatic carbocycles. The maximum Gasteiger partial charge on any atom is 0.261 e. The van der Waals surface area contributed by atoms with E-state index in [-0.39, 0.29) is 18.0 Å². The molecule has 0 saturated heterocycles. The van der Waals surface area contributed by atoms with Crippen LogP contribution < -0.4 is 5.32 Å². The highest BCUT2D eigenvalue weighted by Crippen LogP contribution is 2.25. The molecule has 5 rings (SSSR count). The molecule has 4 aromatic rings. The fourth-order valence-electron chi connectivity index (χ4n) is 3.79. The van der Waals surface area contributed by atoms with Crippen molar-refractivity contribution in [3.8, 4) is 5.69 Å². The van der Waals surface area contributed by atoms with E-state index in [1.54, 1.807) is 29.1 Å². The normalized spacial score (nSPS) is 12.8. The van der Waals surface area contributed by atoms with Crippen LogP contribution in [0.5, 0.6) is 0 Å². The van der Waals surface area contributed by atoms with Gasteiger partial charge in [0.15, 0.2) is 0 Å². The van der Waals surface area contributed by atoms with Gasteiger partial charge in [-0.05, 0) is 60.5 Å². The summed E-state index contributed by atoms with van der Waals surface area (Å²) in [6, 6.07) is 17.8. The number of amides is 3. The van der Waals surface area contributed by atoms with Gasteiger partial charge in [-0.15, -0.1) is 0 Å². The van der Waals surface area contributed by atoms with E-state index in [0.29, 0.717) is 29.9 Å². The Bertz CT molecular complexity index is 1310. The van der Waals surface area contributed by atoms with Crippen molar-refractivity contribution in [2.45, 2.75) is 13.0 Å². The smallest absolute Gasteiger partial charge is 0.261 e. The second kappa shape index (κ2) is 8.58. The molecular weight excluding hydrogens is 420 g/mol.